The van der Waals surface area contributed by atoms with E-state index in [1.165, 1.54) is 10.9 Å². The first-order valence-corrected chi connectivity index (χ1v) is 8.85. The largest absolute Gasteiger partial charge is 0.496 e. The van der Waals surface area contributed by atoms with Crippen LogP contribution >= 0.6 is 0 Å². The lowest BCUT2D eigenvalue weighted by Gasteiger charge is -2.34. The normalized spacial score (nSPS) is 18.3. The van der Waals surface area contributed by atoms with Gasteiger partial charge in [-0.25, -0.2) is 0 Å². The number of carbonyl (C=O) groups is 1. The smallest absolute Gasteiger partial charge is 0.317 e. The Bertz CT molecular complexity index is 765. The van der Waals surface area contributed by atoms with Gasteiger partial charge in [-0.1, -0.05) is 24.3 Å². The van der Waals surface area contributed by atoms with Gasteiger partial charge in [0.05, 0.1) is 26.4 Å². The highest BCUT2D eigenvalue weighted by Crippen LogP contribution is 2.28. The number of carboxylic acids is 1. The Morgan fingerprint density at radius 2 is 2.19 bits per heavy atom. The Morgan fingerprint density at radius 3 is 2.96 bits per heavy atom. The van der Waals surface area contributed by atoms with Gasteiger partial charge in [0.25, 0.3) is 0 Å². The molecule has 1 atom stereocenters. The monoisotopic (exact) mass is 358 g/mol. The van der Waals surface area contributed by atoms with Gasteiger partial charge in [-0.3, -0.25) is 14.6 Å². The summed E-state index contributed by atoms with van der Waals surface area (Å²) in [5, 5.41) is 11.2. The van der Waals surface area contributed by atoms with Gasteiger partial charge in [0.1, 0.15) is 5.75 Å². The Morgan fingerprint density at radius 1 is 1.38 bits per heavy atom. The molecule has 3 rings (SSSR count). The lowest BCUT2D eigenvalue weighted by Crippen LogP contribution is -2.47. The predicted molar refractivity (Wildman–Crippen MR) is 101 cm³/mol. The van der Waals surface area contributed by atoms with Crippen LogP contribution in [0.4, 0.5) is 0 Å². The molecule has 6 nitrogen and oxygen atoms in total. The van der Waals surface area contributed by atoms with E-state index < -0.39 is 5.97 Å². The van der Waals surface area contributed by atoms with Crippen LogP contribution in [0.15, 0.2) is 36.4 Å². The highest BCUT2D eigenvalue weighted by molar-refractivity contribution is 5.89. The number of aliphatic carboxylic acids is 1. The molecule has 26 heavy (non-hydrogen) atoms. The summed E-state index contributed by atoms with van der Waals surface area (Å²) in [6, 6.07) is 12.5. The number of ether oxygens (including phenoxy) is 2. The van der Waals surface area contributed by atoms with Gasteiger partial charge in [-0.2, -0.15) is 0 Å². The molecule has 1 unspecified atom stereocenters. The third-order valence-corrected chi connectivity index (χ3v) is 4.65. The van der Waals surface area contributed by atoms with E-state index in [0.29, 0.717) is 13.2 Å². The van der Waals surface area contributed by atoms with Crippen molar-refractivity contribution in [1.82, 2.24) is 9.80 Å². The van der Waals surface area contributed by atoms with Gasteiger partial charge in [-0.15, -0.1) is 0 Å². The lowest BCUT2D eigenvalue weighted by molar-refractivity contribution is -0.138. The number of benzene rings is 2. The number of hydrogen-bond acceptors (Lipinski definition) is 5. The maximum absolute atomic E-state index is 10.8. The second-order valence-corrected chi connectivity index (χ2v) is 6.84. The first-order chi connectivity index (χ1) is 12.5. The first-order valence-electron chi connectivity index (χ1n) is 8.85. The Balaban J connectivity index is 1.66. The molecule has 2 aromatic rings. The van der Waals surface area contributed by atoms with E-state index in [4.69, 9.17) is 14.6 Å². The van der Waals surface area contributed by atoms with Crippen molar-refractivity contribution in [2.75, 3.05) is 46.9 Å². The van der Waals surface area contributed by atoms with Crippen molar-refractivity contribution in [3.8, 4) is 5.75 Å². The van der Waals surface area contributed by atoms with Gasteiger partial charge in [0, 0.05) is 31.6 Å². The van der Waals surface area contributed by atoms with Crippen LogP contribution < -0.4 is 4.74 Å². The summed E-state index contributed by atoms with van der Waals surface area (Å²) >= 11 is 0. The fourth-order valence-corrected chi connectivity index (χ4v) is 3.53. The zero-order valence-electron chi connectivity index (χ0n) is 15.4. The van der Waals surface area contributed by atoms with Gasteiger partial charge >= 0.3 is 5.97 Å². The van der Waals surface area contributed by atoms with E-state index in [9.17, 15) is 4.79 Å². The summed E-state index contributed by atoms with van der Waals surface area (Å²) in [6.45, 7) is 3.79. The predicted octanol–water partition coefficient (Wildman–Crippen LogP) is 2.07. The van der Waals surface area contributed by atoms with Crippen LogP contribution in [-0.4, -0.2) is 73.9 Å². The number of likely N-dealkylation sites (N-methyl/N-ethyl adjacent to an activating group) is 1. The van der Waals surface area contributed by atoms with E-state index in [-0.39, 0.29) is 12.6 Å². The molecule has 1 aliphatic heterocycles. The number of carboxylic acid groups (broad SMARTS) is 1. The third-order valence-electron chi connectivity index (χ3n) is 4.65. The number of nitrogens with zero attached hydrogens (tertiary/aromatic N) is 2. The number of rotatable bonds is 7. The van der Waals surface area contributed by atoms with Crippen LogP contribution in [0.3, 0.4) is 0 Å². The molecule has 0 spiro atoms. The zero-order valence-corrected chi connectivity index (χ0v) is 15.4. The molecular weight excluding hydrogens is 332 g/mol. The van der Waals surface area contributed by atoms with Crippen LogP contribution in [0.1, 0.15) is 5.56 Å². The van der Waals surface area contributed by atoms with Gasteiger partial charge in [0.2, 0.25) is 0 Å². The van der Waals surface area contributed by atoms with Crippen molar-refractivity contribution >= 4 is 16.7 Å². The van der Waals surface area contributed by atoms with Crippen LogP contribution in [0.25, 0.3) is 10.8 Å². The molecule has 1 aliphatic rings. The molecule has 140 valence electrons. The molecule has 0 amide bonds. The highest BCUT2D eigenvalue weighted by atomic mass is 16.5. The second kappa shape index (κ2) is 8.49. The molecule has 0 saturated carbocycles. The van der Waals surface area contributed by atoms with Crippen LogP contribution in [0.5, 0.6) is 5.75 Å². The molecule has 0 radical (unpaired) electrons. The molecule has 1 N–H and O–H groups in total. The van der Waals surface area contributed by atoms with Crippen molar-refractivity contribution in [3.63, 3.8) is 0 Å². The van der Waals surface area contributed by atoms with E-state index in [1.54, 1.807) is 12.0 Å². The van der Waals surface area contributed by atoms with E-state index in [2.05, 4.69) is 29.2 Å². The fraction of sp³-hybridized carbons (Fsp3) is 0.450. The van der Waals surface area contributed by atoms with Crippen LogP contribution in [-0.2, 0) is 16.1 Å². The van der Waals surface area contributed by atoms with Gasteiger partial charge < -0.3 is 14.6 Å². The Labute approximate surface area is 153 Å². The number of hydrogen-bond donors (Lipinski definition) is 1. The third kappa shape index (κ3) is 4.72. The zero-order chi connectivity index (χ0) is 18.5. The van der Waals surface area contributed by atoms with Crippen LogP contribution in [0, 0.1) is 0 Å². The molecule has 0 aromatic heterocycles. The molecule has 1 saturated heterocycles. The fourth-order valence-electron chi connectivity index (χ4n) is 3.53. The minimum atomic E-state index is -0.816. The summed E-state index contributed by atoms with van der Waals surface area (Å²) < 4.78 is 11.4. The molecule has 1 fully saturated rings. The first kappa shape index (κ1) is 18.6. The minimum absolute atomic E-state index is 0.0236. The highest BCUT2D eigenvalue weighted by Gasteiger charge is 2.22. The quantitative estimate of drug-likeness (QED) is 0.818. The summed E-state index contributed by atoms with van der Waals surface area (Å²) in [5.74, 6) is 0.0764. The van der Waals surface area contributed by atoms with Gasteiger partial charge in [0.15, 0.2) is 0 Å². The minimum Gasteiger partial charge on any atom is -0.496 e. The summed E-state index contributed by atoms with van der Waals surface area (Å²) in [6.07, 6.45) is 0.0236. The van der Waals surface area contributed by atoms with E-state index in [0.717, 1.165) is 30.8 Å². The van der Waals surface area contributed by atoms with Crippen molar-refractivity contribution in [2.24, 2.45) is 0 Å². The molecule has 1 heterocycles. The molecule has 0 bridgehead atoms. The van der Waals surface area contributed by atoms with Crippen molar-refractivity contribution < 1.29 is 19.4 Å². The average molecular weight is 358 g/mol. The number of fused-ring (bicyclic) bond motifs is 1. The number of morpholine rings is 1. The number of methoxy groups -OCH3 is 1. The van der Waals surface area contributed by atoms with Gasteiger partial charge in [-0.05, 0) is 30.1 Å². The van der Waals surface area contributed by atoms with E-state index >= 15 is 0 Å². The van der Waals surface area contributed by atoms with Crippen molar-refractivity contribution in [2.45, 2.75) is 12.6 Å². The van der Waals surface area contributed by atoms with Crippen molar-refractivity contribution in [3.05, 3.63) is 42.0 Å². The van der Waals surface area contributed by atoms with E-state index in [1.807, 2.05) is 19.2 Å². The SMILES string of the molecule is COc1cc(CN2CCOC(CN(C)CC(=O)O)C2)cc2ccccc12. The summed E-state index contributed by atoms with van der Waals surface area (Å²) in [4.78, 5) is 15.0. The van der Waals surface area contributed by atoms with Crippen molar-refractivity contribution in [1.29, 1.82) is 0 Å². The van der Waals surface area contributed by atoms with Crippen LogP contribution in [0.2, 0.25) is 0 Å². The Hall–Kier alpha value is -2.15. The molecule has 0 aliphatic carbocycles. The second-order valence-electron chi connectivity index (χ2n) is 6.84. The molecule has 6 heteroatoms. The standard InChI is InChI=1S/C20H26N2O4/c1-21(14-20(23)24)12-17-13-22(7-8-26-17)11-15-9-16-5-3-4-6-18(16)19(10-15)25-2/h3-6,9-10,17H,7-8,11-14H2,1-2H3,(H,23,24). The molecule has 2 aromatic carbocycles. The summed E-state index contributed by atoms with van der Waals surface area (Å²) in [5.41, 5.74) is 1.21. The maximum Gasteiger partial charge on any atom is 0.317 e. The summed E-state index contributed by atoms with van der Waals surface area (Å²) in [7, 11) is 3.51. The topological polar surface area (TPSA) is 62.2 Å². The Kier molecular flexibility index (Phi) is 6.08. The maximum atomic E-state index is 10.8. The molecular formula is C20H26N2O4. The average Bonchev–Trinajstić information content (AvgIpc) is 2.60. The lowest BCUT2D eigenvalue weighted by atomic mass is 10.0.